The van der Waals surface area contributed by atoms with E-state index < -0.39 is 0 Å². The lowest BCUT2D eigenvalue weighted by Crippen LogP contribution is -2.42. The zero-order valence-electron chi connectivity index (χ0n) is 9.73. The third kappa shape index (κ3) is 3.75. The van der Waals surface area contributed by atoms with Crippen LogP contribution in [0.1, 0.15) is 18.4 Å². The summed E-state index contributed by atoms with van der Waals surface area (Å²) >= 11 is 0. The van der Waals surface area contributed by atoms with E-state index in [1.807, 2.05) is 30.3 Å². The Morgan fingerprint density at radius 2 is 1.94 bits per heavy atom. The lowest BCUT2D eigenvalue weighted by atomic mass is 9.82. The topological polar surface area (TPSA) is 61.4 Å². The average Bonchev–Trinajstić information content (AvgIpc) is 2.32. The number of amides is 2. The summed E-state index contributed by atoms with van der Waals surface area (Å²) < 4.78 is 0. The molecule has 0 spiro atoms. The van der Waals surface area contributed by atoms with Crippen molar-refractivity contribution in [1.82, 2.24) is 10.6 Å². The molecule has 1 aliphatic carbocycles. The zero-order valence-corrected chi connectivity index (χ0v) is 9.73. The van der Waals surface area contributed by atoms with Gasteiger partial charge in [-0.3, -0.25) is 0 Å². The summed E-state index contributed by atoms with van der Waals surface area (Å²) in [7, 11) is 0. The standard InChI is InChI=1S/C13H18N2O2/c16-12-6-11(7-12)9-15-13(17)14-8-10-4-2-1-3-5-10/h1-5,11-12,16H,6-9H2,(H2,14,15,17). The summed E-state index contributed by atoms with van der Waals surface area (Å²) in [6.45, 7) is 1.19. The van der Waals surface area contributed by atoms with Crippen LogP contribution in [-0.2, 0) is 6.54 Å². The van der Waals surface area contributed by atoms with Crippen LogP contribution in [0.4, 0.5) is 4.79 Å². The third-order valence-electron chi connectivity index (χ3n) is 3.06. The second kappa shape index (κ2) is 5.68. The Bertz CT molecular complexity index is 361. The highest BCUT2D eigenvalue weighted by Gasteiger charge is 2.26. The molecule has 92 valence electrons. The second-order valence-electron chi connectivity index (χ2n) is 4.54. The molecule has 4 nitrogen and oxygen atoms in total. The quantitative estimate of drug-likeness (QED) is 0.734. The minimum Gasteiger partial charge on any atom is -0.393 e. The highest BCUT2D eigenvalue weighted by atomic mass is 16.3. The Morgan fingerprint density at radius 3 is 2.59 bits per heavy atom. The van der Waals surface area contributed by atoms with Gasteiger partial charge in [0.2, 0.25) is 0 Å². The van der Waals surface area contributed by atoms with E-state index in [4.69, 9.17) is 5.11 Å². The Hall–Kier alpha value is -1.55. The summed E-state index contributed by atoms with van der Waals surface area (Å²) in [6.07, 6.45) is 1.45. The normalized spacial score (nSPS) is 22.6. The maximum atomic E-state index is 11.5. The van der Waals surface area contributed by atoms with Gasteiger partial charge in [-0.1, -0.05) is 30.3 Å². The minimum atomic E-state index is -0.158. The number of hydrogen-bond donors (Lipinski definition) is 3. The highest BCUT2D eigenvalue weighted by molar-refractivity contribution is 5.73. The van der Waals surface area contributed by atoms with Crippen LogP contribution in [0.5, 0.6) is 0 Å². The molecule has 1 aliphatic rings. The maximum Gasteiger partial charge on any atom is 0.315 e. The first-order chi connectivity index (χ1) is 8.24. The van der Waals surface area contributed by atoms with Gasteiger partial charge in [0.25, 0.3) is 0 Å². The zero-order chi connectivity index (χ0) is 12.1. The van der Waals surface area contributed by atoms with Crippen molar-refractivity contribution in [2.75, 3.05) is 6.54 Å². The van der Waals surface area contributed by atoms with Gasteiger partial charge in [-0.2, -0.15) is 0 Å². The van der Waals surface area contributed by atoms with Crippen LogP contribution >= 0.6 is 0 Å². The summed E-state index contributed by atoms with van der Waals surface area (Å²) in [5.74, 6) is 0.437. The fourth-order valence-corrected chi connectivity index (χ4v) is 1.94. The van der Waals surface area contributed by atoms with E-state index in [2.05, 4.69) is 10.6 Å². The van der Waals surface area contributed by atoms with Gasteiger partial charge in [0.1, 0.15) is 0 Å². The Kier molecular flexibility index (Phi) is 3.98. The molecular weight excluding hydrogens is 216 g/mol. The molecular formula is C13H18N2O2. The molecule has 0 radical (unpaired) electrons. The smallest absolute Gasteiger partial charge is 0.315 e. The van der Waals surface area contributed by atoms with Crippen LogP contribution < -0.4 is 10.6 Å². The molecule has 4 heteroatoms. The van der Waals surface area contributed by atoms with Crippen molar-refractivity contribution in [2.24, 2.45) is 5.92 Å². The number of urea groups is 1. The van der Waals surface area contributed by atoms with E-state index in [1.54, 1.807) is 0 Å². The molecule has 0 saturated heterocycles. The fourth-order valence-electron chi connectivity index (χ4n) is 1.94. The average molecular weight is 234 g/mol. The van der Waals surface area contributed by atoms with E-state index in [0.717, 1.165) is 18.4 Å². The molecule has 2 amide bonds. The van der Waals surface area contributed by atoms with Crippen LogP contribution in [0, 0.1) is 5.92 Å². The largest absolute Gasteiger partial charge is 0.393 e. The van der Waals surface area contributed by atoms with Crippen molar-refractivity contribution in [3.8, 4) is 0 Å². The monoisotopic (exact) mass is 234 g/mol. The molecule has 1 aromatic carbocycles. The van der Waals surface area contributed by atoms with Gasteiger partial charge in [-0.05, 0) is 24.3 Å². The molecule has 0 aromatic heterocycles. The first-order valence-electron chi connectivity index (χ1n) is 5.97. The third-order valence-corrected chi connectivity index (χ3v) is 3.06. The van der Waals surface area contributed by atoms with Crippen LogP contribution in [0.15, 0.2) is 30.3 Å². The van der Waals surface area contributed by atoms with Gasteiger partial charge in [-0.15, -0.1) is 0 Å². The number of aliphatic hydroxyl groups is 1. The Morgan fingerprint density at radius 1 is 1.24 bits per heavy atom. The molecule has 0 bridgehead atoms. The summed E-state index contributed by atoms with van der Waals surface area (Å²) in [6, 6.07) is 9.65. The van der Waals surface area contributed by atoms with Crippen LogP contribution in [-0.4, -0.2) is 23.8 Å². The first-order valence-corrected chi connectivity index (χ1v) is 5.97. The van der Waals surface area contributed by atoms with E-state index in [1.165, 1.54) is 0 Å². The number of rotatable bonds is 4. The molecule has 3 N–H and O–H groups in total. The predicted octanol–water partition coefficient (Wildman–Crippen LogP) is 1.26. The first kappa shape index (κ1) is 11.9. The van der Waals surface area contributed by atoms with Gasteiger partial charge >= 0.3 is 6.03 Å². The van der Waals surface area contributed by atoms with Gasteiger partial charge in [0.15, 0.2) is 0 Å². The lowest BCUT2D eigenvalue weighted by Gasteiger charge is -2.31. The number of nitrogens with one attached hydrogen (secondary N) is 2. The van der Waals surface area contributed by atoms with Crippen LogP contribution in [0.2, 0.25) is 0 Å². The number of hydrogen-bond acceptors (Lipinski definition) is 2. The summed E-state index contributed by atoms with van der Waals surface area (Å²) in [5.41, 5.74) is 1.08. The van der Waals surface area contributed by atoms with Crippen molar-refractivity contribution < 1.29 is 9.90 Å². The van der Waals surface area contributed by atoms with Crippen molar-refractivity contribution in [2.45, 2.75) is 25.5 Å². The maximum absolute atomic E-state index is 11.5. The number of carbonyl (C=O) groups is 1. The van der Waals surface area contributed by atoms with E-state index in [0.29, 0.717) is 19.0 Å². The lowest BCUT2D eigenvalue weighted by molar-refractivity contribution is 0.0441. The van der Waals surface area contributed by atoms with E-state index in [9.17, 15) is 4.79 Å². The van der Waals surface area contributed by atoms with Gasteiger partial charge in [-0.25, -0.2) is 4.79 Å². The molecule has 1 aromatic rings. The molecule has 1 saturated carbocycles. The SMILES string of the molecule is O=C(NCc1ccccc1)NCC1CC(O)C1. The summed E-state index contributed by atoms with van der Waals surface area (Å²) in [5, 5.41) is 14.7. The molecule has 17 heavy (non-hydrogen) atoms. The van der Waals surface area contributed by atoms with Crippen molar-refractivity contribution in [1.29, 1.82) is 0 Å². The second-order valence-corrected chi connectivity index (χ2v) is 4.54. The van der Waals surface area contributed by atoms with Gasteiger partial charge in [0.05, 0.1) is 6.10 Å². The Balaban J connectivity index is 1.61. The molecule has 0 heterocycles. The predicted molar refractivity (Wildman–Crippen MR) is 65.4 cm³/mol. The number of aliphatic hydroxyl groups excluding tert-OH is 1. The number of carbonyl (C=O) groups excluding carboxylic acids is 1. The van der Waals surface area contributed by atoms with Crippen molar-refractivity contribution in [3.05, 3.63) is 35.9 Å². The van der Waals surface area contributed by atoms with E-state index >= 15 is 0 Å². The van der Waals surface area contributed by atoms with Gasteiger partial charge in [0, 0.05) is 13.1 Å². The fraction of sp³-hybridized carbons (Fsp3) is 0.462. The molecule has 0 unspecified atom stereocenters. The molecule has 2 rings (SSSR count). The molecule has 1 fully saturated rings. The molecule has 0 atom stereocenters. The minimum absolute atomic E-state index is 0.143. The van der Waals surface area contributed by atoms with Crippen LogP contribution in [0.25, 0.3) is 0 Å². The van der Waals surface area contributed by atoms with E-state index in [-0.39, 0.29) is 12.1 Å². The van der Waals surface area contributed by atoms with Gasteiger partial charge < -0.3 is 15.7 Å². The molecule has 0 aliphatic heterocycles. The highest BCUT2D eigenvalue weighted by Crippen LogP contribution is 2.25. The summed E-state index contributed by atoms with van der Waals surface area (Å²) in [4.78, 5) is 11.5. The Labute approximate surface area is 101 Å². The van der Waals surface area contributed by atoms with Crippen molar-refractivity contribution in [3.63, 3.8) is 0 Å². The number of benzene rings is 1. The van der Waals surface area contributed by atoms with Crippen LogP contribution in [0.3, 0.4) is 0 Å². The van der Waals surface area contributed by atoms with Crippen molar-refractivity contribution >= 4 is 6.03 Å².